The van der Waals surface area contributed by atoms with Gasteiger partial charge in [0.05, 0.1) is 19.4 Å². The van der Waals surface area contributed by atoms with E-state index in [1.807, 2.05) is 43.7 Å². The first kappa shape index (κ1) is 19.0. The summed E-state index contributed by atoms with van der Waals surface area (Å²) in [6.45, 7) is 2.89. The highest BCUT2D eigenvalue weighted by Crippen LogP contribution is 2.47. The Balaban J connectivity index is 1.37. The van der Waals surface area contributed by atoms with Crippen molar-refractivity contribution in [1.82, 2.24) is 19.0 Å². The topological polar surface area (TPSA) is 76.9 Å². The zero-order valence-corrected chi connectivity index (χ0v) is 17.5. The molecule has 3 aliphatic rings. The molecule has 0 aliphatic carbocycles. The minimum atomic E-state index is -3.41. The predicted molar refractivity (Wildman–Crippen MR) is 107 cm³/mol. The molecule has 5 rings (SSSR count). The normalized spacial score (nSPS) is 31.1. The summed E-state index contributed by atoms with van der Waals surface area (Å²) < 4.78 is 41.6. The Kier molecular flexibility index (Phi) is 4.47. The van der Waals surface area contributed by atoms with Crippen molar-refractivity contribution in [2.45, 2.75) is 36.5 Å². The number of nitrogens with zero attached hydrogens (tertiary/aromatic N) is 4. The fraction of sp³-hybridized carbons (Fsp3) is 0.550. The monoisotopic (exact) mass is 418 g/mol. The Bertz CT molecular complexity index is 1020. The molecule has 3 aliphatic heterocycles. The summed E-state index contributed by atoms with van der Waals surface area (Å²) in [5, 5.41) is 3.77. The molecule has 2 aromatic rings. The van der Waals surface area contributed by atoms with Crippen molar-refractivity contribution < 1.29 is 17.9 Å². The maximum Gasteiger partial charge on any atom is 0.220 e. The van der Waals surface area contributed by atoms with Crippen molar-refractivity contribution >= 4 is 10.0 Å². The number of aryl methyl sites for hydroxylation is 1. The summed E-state index contributed by atoms with van der Waals surface area (Å²) in [6.07, 6.45) is 4.42. The highest BCUT2D eigenvalue weighted by molar-refractivity contribution is 7.90. The second-order valence-corrected chi connectivity index (χ2v) is 10.5. The van der Waals surface area contributed by atoms with E-state index < -0.39 is 20.9 Å². The van der Waals surface area contributed by atoms with Gasteiger partial charge >= 0.3 is 0 Å². The van der Waals surface area contributed by atoms with Gasteiger partial charge in [-0.2, -0.15) is 9.40 Å². The number of methoxy groups -OCH3 is 1. The van der Waals surface area contributed by atoms with Crippen LogP contribution in [0.3, 0.4) is 0 Å². The number of sulfonamides is 1. The lowest BCUT2D eigenvalue weighted by Gasteiger charge is -2.39. The molecule has 3 fully saturated rings. The molecule has 0 N–H and O–H groups in total. The van der Waals surface area contributed by atoms with Gasteiger partial charge in [0.15, 0.2) is 0 Å². The van der Waals surface area contributed by atoms with Crippen LogP contribution in [0.2, 0.25) is 0 Å². The Morgan fingerprint density at radius 3 is 2.90 bits per heavy atom. The third kappa shape index (κ3) is 3.26. The van der Waals surface area contributed by atoms with Gasteiger partial charge in [-0.25, -0.2) is 8.42 Å². The van der Waals surface area contributed by atoms with Crippen molar-refractivity contribution in [1.29, 1.82) is 0 Å². The number of hydrogen-bond acceptors (Lipinski definition) is 6. The van der Waals surface area contributed by atoms with Crippen LogP contribution in [0.4, 0.5) is 0 Å². The van der Waals surface area contributed by atoms with Gasteiger partial charge in [0.2, 0.25) is 10.0 Å². The minimum absolute atomic E-state index is 0.0286. The predicted octanol–water partition coefficient (Wildman–Crippen LogP) is 0.986. The van der Waals surface area contributed by atoms with Gasteiger partial charge < -0.3 is 9.47 Å². The molecule has 9 heteroatoms. The van der Waals surface area contributed by atoms with Crippen LogP contribution in [0.1, 0.15) is 17.5 Å². The second-order valence-electron chi connectivity index (χ2n) is 8.39. The molecule has 29 heavy (non-hydrogen) atoms. The zero-order valence-electron chi connectivity index (χ0n) is 16.7. The number of ether oxygens (including phenoxy) is 2. The molecule has 0 unspecified atom stereocenters. The summed E-state index contributed by atoms with van der Waals surface area (Å²) in [6, 6.07) is 7.57. The molecule has 0 amide bonds. The number of aromatic nitrogens is 2. The second kappa shape index (κ2) is 6.80. The Hall–Kier alpha value is -1.94. The number of rotatable bonds is 5. The molecule has 1 spiro atoms. The maximum absolute atomic E-state index is 13.3. The van der Waals surface area contributed by atoms with E-state index in [2.05, 4.69) is 10.00 Å². The van der Waals surface area contributed by atoms with E-state index in [1.165, 1.54) is 0 Å². The van der Waals surface area contributed by atoms with Crippen LogP contribution in [0.15, 0.2) is 36.7 Å². The fourth-order valence-electron chi connectivity index (χ4n) is 5.09. The minimum Gasteiger partial charge on any atom is -0.497 e. The smallest absolute Gasteiger partial charge is 0.220 e. The molecule has 8 nitrogen and oxygen atoms in total. The van der Waals surface area contributed by atoms with E-state index in [-0.39, 0.29) is 6.10 Å². The Morgan fingerprint density at radius 1 is 1.28 bits per heavy atom. The van der Waals surface area contributed by atoms with E-state index in [0.717, 1.165) is 30.0 Å². The fourth-order valence-corrected chi connectivity index (χ4v) is 7.39. The quantitative estimate of drug-likeness (QED) is 0.721. The number of morpholine rings is 1. The lowest BCUT2D eigenvalue weighted by atomic mass is 9.99. The molecule has 3 saturated heterocycles. The van der Waals surface area contributed by atoms with Crippen LogP contribution in [-0.4, -0.2) is 71.1 Å². The van der Waals surface area contributed by atoms with E-state index in [0.29, 0.717) is 26.1 Å². The molecule has 4 heterocycles. The van der Waals surface area contributed by atoms with Gasteiger partial charge in [0, 0.05) is 51.5 Å². The first-order chi connectivity index (χ1) is 13.9. The molecule has 1 aromatic carbocycles. The van der Waals surface area contributed by atoms with Crippen LogP contribution in [0.5, 0.6) is 5.75 Å². The zero-order chi connectivity index (χ0) is 20.2. The summed E-state index contributed by atoms with van der Waals surface area (Å²) in [4.78, 5) is 2.32. The lowest BCUT2D eigenvalue weighted by molar-refractivity contribution is -0.110. The van der Waals surface area contributed by atoms with Crippen molar-refractivity contribution in [2.75, 3.05) is 26.7 Å². The average Bonchev–Trinajstić information content (AvgIpc) is 3.26. The molecular formula is C20H26N4O4S. The van der Waals surface area contributed by atoms with Gasteiger partial charge in [0.25, 0.3) is 0 Å². The van der Waals surface area contributed by atoms with Crippen molar-refractivity contribution in [3.8, 4) is 5.75 Å². The number of hydrogen-bond donors (Lipinski definition) is 0. The molecule has 0 radical (unpaired) electrons. The number of likely N-dealkylation sites (tertiary alicyclic amines) is 1. The first-order valence-corrected chi connectivity index (χ1v) is 11.4. The van der Waals surface area contributed by atoms with Gasteiger partial charge in [-0.05, 0) is 24.1 Å². The molecule has 1 aromatic heterocycles. The largest absolute Gasteiger partial charge is 0.497 e. The lowest BCUT2D eigenvalue weighted by Crippen LogP contribution is -2.54. The van der Waals surface area contributed by atoms with E-state index in [1.54, 1.807) is 16.1 Å². The highest BCUT2D eigenvalue weighted by Gasteiger charge is 2.64. The van der Waals surface area contributed by atoms with Crippen molar-refractivity contribution in [2.24, 2.45) is 7.05 Å². The molecule has 2 bridgehead atoms. The van der Waals surface area contributed by atoms with Crippen LogP contribution >= 0.6 is 0 Å². The van der Waals surface area contributed by atoms with Crippen molar-refractivity contribution in [3.63, 3.8) is 0 Å². The maximum atomic E-state index is 13.3. The Labute approximate surface area is 171 Å². The first-order valence-electron chi connectivity index (χ1n) is 9.87. The highest BCUT2D eigenvalue weighted by atomic mass is 32.2. The van der Waals surface area contributed by atoms with Crippen molar-refractivity contribution in [3.05, 3.63) is 47.8 Å². The standard InChI is InChI=1S/C20H26N4O4S/c1-22-9-16(8-21-22)10-23-12-18-7-19-20(13-23,28-18)14-24(29(19,25)26)11-15-4-3-5-17(6-15)27-2/h3-6,8-9,18-19H,7,10-14H2,1-2H3/t18-,19+,20+/m0/s1. The third-order valence-corrected chi connectivity index (χ3v) is 8.56. The molecular weight excluding hydrogens is 392 g/mol. The van der Waals surface area contributed by atoms with Crippen LogP contribution < -0.4 is 4.74 Å². The third-order valence-electron chi connectivity index (χ3n) is 6.24. The van der Waals surface area contributed by atoms with E-state index in [9.17, 15) is 8.42 Å². The van der Waals surface area contributed by atoms with Gasteiger partial charge in [0.1, 0.15) is 16.6 Å². The van der Waals surface area contributed by atoms with E-state index >= 15 is 0 Å². The summed E-state index contributed by atoms with van der Waals surface area (Å²) in [7, 11) is 0.103. The molecule has 156 valence electrons. The summed E-state index contributed by atoms with van der Waals surface area (Å²) in [5.74, 6) is 0.731. The number of fused-ring (bicyclic) bond motifs is 1. The average molecular weight is 419 g/mol. The van der Waals surface area contributed by atoms with E-state index in [4.69, 9.17) is 9.47 Å². The molecule has 3 atom stereocenters. The van der Waals surface area contributed by atoms with Gasteiger partial charge in [-0.15, -0.1) is 0 Å². The van der Waals surface area contributed by atoms with Gasteiger partial charge in [-0.1, -0.05) is 12.1 Å². The molecule has 0 saturated carbocycles. The SMILES string of the molecule is COc1cccc(CN2C[C@]34CN(Cc5cnn(C)c5)C[C@H](C[C@H]3S2(=O)=O)O4)c1. The Morgan fingerprint density at radius 2 is 2.14 bits per heavy atom. The van der Waals surface area contributed by atoms with Crippen LogP contribution in [0, 0.1) is 0 Å². The summed E-state index contributed by atoms with van der Waals surface area (Å²) in [5.41, 5.74) is 1.41. The van der Waals surface area contributed by atoms with Crippen LogP contribution in [-0.2, 0) is 34.9 Å². The summed E-state index contributed by atoms with van der Waals surface area (Å²) >= 11 is 0. The number of benzene rings is 1. The van der Waals surface area contributed by atoms with Gasteiger partial charge in [-0.3, -0.25) is 9.58 Å². The van der Waals surface area contributed by atoms with Crippen LogP contribution in [0.25, 0.3) is 0 Å².